The van der Waals surface area contributed by atoms with Gasteiger partial charge in [-0.05, 0) is 65.4 Å². The molecular formula is C60H41N5O. The van der Waals surface area contributed by atoms with Crippen LogP contribution in [0.15, 0.2) is 168 Å². The van der Waals surface area contributed by atoms with Crippen LogP contribution in [0.1, 0.15) is 55.2 Å². The molecule has 0 aliphatic heterocycles. The highest BCUT2D eigenvalue weighted by atomic mass is 16.3. The molecule has 1 aliphatic carbocycles. The second-order valence-electron chi connectivity index (χ2n) is 18.5. The number of nitriles is 2. The minimum atomic E-state index is -0.104. The Morgan fingerprint density at radius 1 is 0.500 bits per heavy atom. The molecule has 4 heterocycles. The van der Waals surface area contributed by atoms with Crippen LogP contribution < -0.4 is 0 Å². The number of benzene rings is 8. The van der Waals surface area contributed by atoms with Gasteiger partial charge in [0.25, 0.3) is 0 Å². The summed E-state index contributed by atoms with van der Waals surface area (Å²) in [4.78, 5) is 0. The highest BCUT2D eigenvalue weighted by Crippen LogP contribution is 2.50. The Balaban J connectivity index is 1.35. The molecule has 0 spiro atoms. The Labute approximate surface area is 380 Å². The summed E-state index contributed by atoms with van der Waals surface area (Å²) < 4.78 is 13.4. The molecule has 0 saturated carbocycles. The van der Waals surface area contributed by atoms with Crippen LogP contribution in [0.2, 0.25) is 0 Å². The van der Waals surface area contributed by atoms with Gasteiger partial charge in [-0.2, -0.15) is 10.5 Å². The number of para-hydroxylation sites is 5. The van der Waals surface area contributed by atoms with Crippen molar-refractivity contribution in [2.75, 3.05) is 0 Å². The zero-order valence-electron chi connectivity index (χ0n) is 36.7. The third kappa shape index (κ3) is 5.16. The maximum Gasteiger partial charge on any atom is 0.137 e. The van der Waals surface area contributed by atoms with Gasteiger partial charge in [0.15, 0.2) is 0 Å². The van der Waals surface area contributed by atoms with Crippen molar-refractivity contribution < 1.29 is 4.42 Å². The van der Waals surface area contributed by atoms with E-state index < -0.39 is 0 Å². The number of nitrogens with zero attached hydrogens (tertiary/aromatic N) is 5. The van der Waals surface area contributed by atoms with Gasteiger partial charge in [-0.25, -0.2) is 0 Å². The standard InChI is InChI=1S/C60H41N5O/c1-60(2,3)37-30-28-36(29-31-37)54-58(63-47-22-10-4-16-38(47)39-17-5-11-23-48(39)63)45(34-61)56(46(35-62)59(54)64-49-24-12-6-18-40(49)41-19-7-13-25-50(41)64)65-51-26-14-8-20-42(51)43-32-33-53-55(57(43)65)44-21-9-15-27-52(44)66-53/h4-14,16-26,28-33H,15,27H2,1-3H3. The number of aryl methyl sites for hydroxylation is 1. The zero-order chi connectivity index (χ0) is 44.4. The van der Waals surface area contributed by atoms with Gasteiger partial charge in [0.05, 0.1) is 55.5 Å². The molecule has 0 bridgehead atoms. The van der Waals surface area contributed by atoms with Gasteiger partial charge in [-0.1, -0.05) is 148 Å². The molecule has 13 rings (SSSR count). The van der Waals surface area contributed by atoms with E-state index in [2.05, 4.69) is 210 Å². The molecule has 66 heavy (non-hydrogen) atoms. The van der Waals surface area contributed by atoms with Gasteiger partial charge in [0, 0.05) is 49.9 Å². The molecule has 6 nitrogen and oxygen atoms in total. The van der Waals surface area contributed by atoms with Crippen molar-refractivity contribution in [2.45, 2.75) is 39.0 Å². The third-order valence-electron chi connectivity index (χ3n) is 13.9. The molecule has 0 unspecified atom stereocenters. The maximum absolute atomic E-state index is 12.2. The smallest absolute Gasteiger partial charge is 0.137 e. The van der Waals surface area contributed by atoms with Crippen LogP contribution in [0.25, 0.3) is 111 Å². The SMILES string of the molecule is CC(C)(C)c1ccc(-c2c(-n3c4ccccc4c4ccccc43)c(C#N)c(-n3c4ccccc4c4ccc5oc6c(c5c43)C=CCC6)c(C#N)c2-n2c3ccccc3c3ccccc32)cc1. The first-order valence-electron chi connectivity index (χ1n) is 22.6. The predicted octanol–water partition coefficient (Wildman–Crippen LogP) is 15.4. The third-order valence-corrected chi connectivity index (χ3v) is 13.9. The van der Waals surface area contributed by atoms with Crippen molar-refractivity contribution in [1.82, 2.24) is 13.7 Å². The monoisotopic (exact) mass is 847 g/mol. The first kappa shape index (κ1) is 37.9. The number of rotatable bonds is 4. The van der Waals surface area contributed by atoms with Crippen LogP contribution in [0.4, 0.5) is 0 Å². The number of furan rings is 1. The second kappa shape index (κ2) is 14.0. The van der Waals surface area contributed by atoms with Crippen LogP contribution in [0.5, 0.6) is 0 Å². The topological polar surface area (TPSA) is 75.5 Å². The lowest BCUT2D eigenvalue weighted by Gasteiger charge is -2.27. The second-order valence-corrected chi connectivity index (χ2v) is 18.5. The summed E-state index contributed by atoms with van der Waals surface area (Å²) in [6.45, 7) is 6.67. The average molecular weight is 848 g/mol. The minimum Gasteiger partial charge on any atom is -0.460 e. The largest absolute Gasteiger partial charge is 0.460 e. The molecule has 0 radical (unpaired) electrons. The number of aromatic nitrogens is 3. The predicted molar refractivity (Wildman–Crippen MR) is 270 cm³/mol. The highest BCUT2D eigenvalue weighted by Gasteiger charge is 2.34. The quantitative estimate of drug-likeness (QED) is 0.177. The van der Waals surface area contributed by atoms with Gasteiger partial charge in [-0.15, -0.1) is 0 Å². The Hall–Kier alpha value is -8.58. The van der Waals surface area contributed by atoms with E-state index in [0.29, 0.717) is 28.2 Å². The molecule has 12 aromatic rings. The van der Waals surface area contributed by atoms with E-state index in [-0.39, 0.29) is 5.41 Å². The van der Waals surface area contributed by atoms with Gasteiger partial charge in [-0.3, -0.25) is 0 Å². The van der Waals surface area contributed by atoms with E-state index >= 15 is 0 Å². The van der Waals surface area contributed by atoms with Crippen molar-refractivity contribution in [3.63, 3.8) is 0 Å². The molecule has 0 fully saturated rings. The number of allylic oxidation sites excluding steroid dienone is 1. The summed E-state index contributed by atoms with van der Waals surface area (Å²) in [6.07, 6.45) is 6.09. The van der Waals surface area contributed by atoms with E-state index in [1.54, 1.807) is 0 Å². The molecule has 0 amide bonds. The van der Waals surface area contributed by atoms with Gasteiger partial charge in [0.2, 0.25) is 0 Å². The molecule has 312 valence electrons. The summed E-state index contributed by atoms with van der Waals surface area (Å²) in [6, 6.07) is 60.8. The number of fused-ring (bicyclic) bond motifs is 13. The number of hydrogen-bond acceptors (Lipinski definition) is 3. The van der Waals surface area contributed by atoms with Crippen LogP contribution >= 0.6 is 0 Å². The van der Waals surface area contributed by atoms with Gasteiger partial charge in [0.1, 0.15) is 34.6 Å². The first-order valence-corrected chi connectivity index (χ1v) is 22.6. The van der Waals surface area contributed by atoms with Crippen molar-refractivity contribution in [3.05, 3.63) is 192 Å². The lowest BCUT2D eigenvalue weighted by molar-refractivity contribution is 0.546. The lowest BCUT2D eigenvalue weighted by atomic mass is 9.85. The van der Waals surface area contributed by atoms with Crippen molar-refractivity contribution >= 4 is 82.5 Å². The molecule has 1 aliphatic rings. The fourth-order valence-electron chi connectivity index (χ4n) is 11.1. The van der Waals surface area contributed by atoms with E-state index in [1.807, 2.05) is 6.07 Å². The summed E-state index contributed by atoms with van der Waals surface area (Å²) in [7, 11) is 0. The Morgan fingerprint density at radius 3 is 1.42 bits per heavy atom. The summed E-state index contributed by atoms with van der Waals surface area (Å²) >= 11 is 0. The number of hydrogen-bond donors (Lipinski definition) is 0. The van der Waals surface area contributed by atoms with Crippen molar-refractivity contribution in [1.29, 1.82) is 10.5 Å². The van der Waals surface area contributed by atoms with E-state index in [9.17, 15) is 10.5 Å². The van der Waals surface area contributed by atoms with E-state index in [1.165, 1.54) is 5.56 Å². The summed E-state index contributed by atoms with van der Waals surface area (Å²) in [5, 5.41) is 31.8. The molecule has 8 aromatic carbocycles. The minimum absolute atomic E-state index is 0.104. The normalized spacial score (nSPS) is 12.9. The molecule has 0 N–H and O–H groups in total. The summed E-state index contributed by atoms with van der Waals surface area (Å²) in [5.41, 5.74) is 13.0. The fraction of sp³-hybridized carbons (Fsp3) is 0.100. The molecule has 0 atom stereocenters. The Bertz CT molecular complexity index is 3910. The van der Waals surface area contributed by atoms with E-state index in [4.69, 9.17) is 4.42 Å². The van der Waals surface area contributed by atoms with Crippen LogP contribution in [0, 0.1) is 22.7 Å². The van der Waals surface area contributed by atoms with Gasteiger partial charge < -0.3 is 18.1 Å². The Morgan fingerprint density at radius 2 is 0.955 bits per heavy atom. The maximum atomic E-state index is 12.2. The molecule has 6 heteroatoms. The summed E-state index contributed by atoms with van der Waals surface area (Å²) in [5.74, 6) is 0.948. The zero-order valence-corrected chi connectivity index (χ0v) is 36.7. The average Bonchev–Trinajstić information content (AvgIpc) is 4.09. The molecular weight excluding hydrogens is 807 g/mol. The first-order chi connectivity index (χ1) is 32.4. The van der Waals surface area contributed by atoms with Crippen molar-refractivity contribution in [2.24, 2.45) is 0 Å². The van der Waals surface area contributed by atoms with Crippen molar-refractivity contribution in [3.8, 4) is 40.3 Å². The Kier molecular flexibility index (Phi) is 8.02. The van der Waals surface area contributed by atoms with Crippen LogP contribution in [-0.4, -0.2) is 13.7 Å². The van der Waals surface area contributed by atoms with Crippen LogP contribution in [0.3, 0.4) is 0 Å². The molecule has 0 saturated heterocycles. The van der Waals surface area contributed by atoms with Crippen LogP contribution in [-0.2, 0) is 11.8 Å². The van der Waals surface area contributed by atoms with E-state index in [0.717, 1.165) is 112 Å². The lowest BCUT2D eigenvalue weighted by Crippen LogP contribution is -2.14. The fourth-order valence-corrected chi connectivity index (χ4v) is 11.1. The van der Waals surface area contributed by atoms with Gasteiger partial charge >= 0.3 is 0 Å². The molecule has 4 aromatic heterocycles. The highest BCUT2D eigenvalue weighted by molar-refractivity contribution is 6.21.